The number of carboxylic acids is 1. The van der Waals surface area contributed by atoms with E-state index in [2.05, 4.69) is 15.5 Å². The van der Waals surface area contributed by atoms with Crippen LogP contribution < -0.4 is 5.32 Å². The molecule has 0 aliphatic rings. The number of hydrogen-bond donors (Lipinski definition) is 2. The van der Waals surface area contributed by atoms with Gasteiger partial charge in [0, 0.05) is 12.8 Å². The van der Waals surface area contributed by atoms with Gasteiger partial charge in [0.25, 0.3) is 0 Å². The van der Waals surface area contributed by atoms with Crippen LogP contribution in [0, 0.1) is 0 Å². The number of nitrogens with zero attached hydrogens (tertiary/aromatic N) is 2. The fourth-order valence-corrected chi connectivity index (χ4v) is 2.29. The number of aliphatic carboxylic acids is 1. The molecule has 2 rings (SSSR count). The van der Waals surface area contributed by atoms with E-state index in [0.717, 1.165) is 4.88 Å². The molecule has 8 heteroatoms. The number of carbonyl (C=O) groups excluding carboxylic acids is 1. The molecule has 2 aromatic heterocycles. The third kappa shape index (κ3) is 4.38. The molecule has 0 aliphatic carbocycles. The minimum Gasteiger partial charge on any atom is -0.480 e. The molecule has 0 radical (unpaired) electrons. The Morgan fingerprint density at radius 3 is 3.00 bits per heavy atom. The van der Waals surface area contributed by atoms with Gasteiger partial charge in [0.2, 0.25) is 17.6 Å². The molecule has 1 amide bonds. The molecule has 0 spiro atoms. The van der Waals surface area contributed by atoms with Crippen LogP contribution in [-0.4, -0.2) is 33.2 Å². The molecule has 1 atom stereocenters. The van der Waals surface area contributed by atoms with Crippen molar-refractivity contribution in [2.45, 2.75) is 32.2 Å². The predicted octanol–water partition coefficient (Wildman–Crippen LogP) is 1.71. The highest BCUT2D eigenvalue weighted by Crippen LogP contribution is 2.21. The Labute approximate surface area is 125 Å². The fourth-order valence-electron chi connectivity index (χ4n) is 1.64. The zero-order valence-corrected chi connectivity index (χ0v) is 12.2. The summed E-state index contributed by atoms with van der Waals surface area (Å²) >= 11 is 1.52. The van der Waals surface area contributed by atoms with Crippen LogP contribution in [0.5, 0.6) is 0 Å². The monoisotopic (exact) mass is 309 g/mol. The molecule has 0 bridgehead atoms. The molecule has 7 nitrogen and oxygen atoms in total. The Hall–Kier alpha value is -2.22. The minimum atomic E-state index is -1.05. The molecule has 0 aliphatic heterocycles. The van der Waals surface area contributed by atoms with Crippen molar-refractivity contribution in [3.05, 3.63) is 23.4 Å². The van der Waals surface area contributed by atoms with Gasteiger partial charge >= 0.3 is 5.97 Å². The summed E-state index contributed by atoms with van der Waals surface area (Å²) in [6.07, 6.45) is 1.21. The van der Waals surface area contributed by atoms with Crippen LogP contribution in [0.2, 0.25) is 0 Å². The molecule has 0 fully saturated rings. The van der Waals surface area contributed by atoms with E-state index in [0.29, 0.717) is 24.6 Å². The third-order valence-corrected chi connectivity index (χ3v) is 3.62. The van der Waals surface area contributed by atoms with E-state index in [-0.39, 0.29) is 12.3 Å². The number of hydrogen-bond acceptors (Lipinski definition) is 6. The van der Waals surface area contributed by atoms with Crippen molar-refractivity contribution >= 4 is 23.2 Å². The van der Waals surface area contributed by atoms with E-state index in [1.807, 2.05) is 17.5 Å². The Bertz CT molecular complexity index is 609. The summed E-state index contributed by atoms with van der Waals surface area (Å²) < 4.78 is 5.11. The Kier molecular flexibility index (Phi) is 5.04. The fraction of sp³-hybridized carbons (Fsp3) is 0.385. The summed E-state index contributed by atoms with van der Waals surface area (Å²) in [6.45, 7) is 1.42. The average Bonchev–Trinajstić information content (AvgIpc) is 3.08. The topological polar surface area (TPSA) is 105 Å². The lowest BCUT2D eigenvalue weighted by atomic mass is 10.2. The van der Waals surface area contributed by atoms with Crippen LogP contribution >= 0.6 is 11.3 Å². The Morgan fingerprint density at radius 2 is 2.33 bits per heavy atom. The highest BCUT2D eigenvalue weighted by Gasteiger charge is 2.14. The van der Waals surface area contributed by atoms with E-state index >= 15 is 0 Å². The van der Waals surface area contributed by atoms with Gasteiger partial charge in [-0.05, 0) is 24.8 Å². The van der Waals surface area contributed by atoms with Gasteiger partial charge in [0.15, 0.2) is 0 Å². The normalized spacial score (nSPS) is 12.0. The molecule has 0 unspecified atom stereocenters. The molecule has 2 N–H and O–H groups in total. The molecule has 21 heavy (non-hydrogen) atoms. The number of amides is 1. The molecule has 2 aromatic rings. The lowest BCUT2D eigenvalue weighted by Gasteiger charge is -2.08. The summed E-state index contributed by atoms with van der Waals surface area (Å²) in [5, 5.41) is 16.9. The first kappa shape index (κ1) is 15.2. The first-order chi connectivity index (χ1) is 10.1. The third-order valence-electron chi connectivity index (χ3n) is 2.75. The summed E-state index contributed by atoms with van der Waals surface area (Å²) in [4.78, 5) is 27.3. The molecular weight excluding hydrogens is 294 g/mol. The maximum atomic E-state index is 11.5. The summed E-state index contributed by atoms with van der Waals surface area (Å²) in [5.41, 5.74) is 0. The van der Waals surface area contributed by atoms with Gasteiger partial charge in [-0.1, -0.05) is 11.2 Å². The first-order valence-electron chi connectivity index (χ1n) is 6.45. The smallest absolute Gasteiger partial charge is 0.325 e. The standard InChI is InChI=1S/C13H15N3O4S/c1-8(13(18)19)14-10(17)5-2-6-11-15-12(16-20-11)9-4-3-7-21-9/h3-4,7-8H,2,5-6H2,1H3,(H,14,17)(H,18,19)/t8-/m0/s1. The number of carbonyl (C=O) groups is 2. The maximum absolute atomic E-state index is 11.5. The van der Waals surface area contributed by atoms with Gasteiger partial charge in [0.05, 0.1) is 4.88 Å². The van der Waals surface area contributed by atoms with Gasteiger partial charge in [-0.2, -0.15) is 4.98 Å². The second-order valence-electron chi connectivity index (χ2n) is 4.47. The van der Waals surface area contributed by atoms with Crippen molar-refractivity contribution in [2.75, 3.05) is 0 Å². The highest BCUT2D eigenvalue weighted by atomic mass is 32.1. The van der Waals surface area contributed by atoms with Crippen LogP contribution in [0.3, 0.4) is 0 Å². The van der Waals surface area contributed by atoms with Gasteiger partial charge in [0.1, 0.15) is 6.04 Å². The molecule has 0 saturated carbocycles. The lowest BCUT2D eigenvalue weighted by Crippen LogP contribution is -2.38. The van der Waals surface area contributed by atoms with E-state index in [1.54, 1.807) is 0 Å². The van der Waals surface area contributed by atoms with Gasteiger partial charge in [-0.25, -0.2) is 0 Å². The summed E-state index contributed by atoms with van der Waals surface area (Å²) in [5.74, 6) is -0.342. The van der Waals surface area contributed by atoms with Gasteiger partial charge in [-0.15, -0.1) is 11.3 Å². The minimum absolute atomic E-state index is 0.217. The molecule has 0 saturated heterocycles. The van der Waals surface area contributed by atoms with Crippen molar-refractivity contribution in [2.24, 2.45) is 0 Å². The second kappa shape index (κ2) is 6.98. The first-order valence-corrected chi connectivity index (χ1v) is 7.33. The Morgan fingerprint density at radius 1 is 1.52 bits per heavy atom. The van der Waals surface area contributed by atoms with Crippen LogP contribution in [0.15, 0.2) is 22.0 Å². The van der Waals surface area contributed by atoms with Crippen LogP contribution in [0.1, 0.15) is 25.7 Å². The van der Waals surface area contributed by atoms with Crippen LogP contribution in [0.25, 0.3) is 10.7 Å². The van der Waals surface area contributed by atoms with E-state index < -0.39 is 12.0 Å². The quantitative estimate of drug-likeness (QED) is 0.806. The second-order valence-corrected chi connectivity index (χ2v) is 5.42. The number of carboxylic acid groups (broad SMARTS) is 1. The van der Waals surface area contributed by atoms with Gasteiger partial charge in [-0.3, -0.25) is 9.59 Å². The van der Waals surface area contributed by atoms with Crippen molar-refractivity contribution in [1.29, 1.82) is 0 Å². The average molecular weight is 309 g/mol. The van der Waals surface area contributed by atoms with E-state index in [1.165, 1.54) is 18.3 Å². The van der Waals surface area contributed by atoms with Crippen molar-refractivity contribution in [1.82, 2.24) is 15.5 Å². The van der Waals surface area contributed by atoms with Crippen molar-refractivity contribution in [3.63, 3.8) is 0 Å². The molecule has 2 heterocycles. The highest BCUT2D eigenvalue weighted by molar-refractivity contribution is 7.13. The number of thiophene rings is 1. The zero-order chi connectivity index (χ0) is 15.2. The largest absolute Gasteiger partial charge is 0.480 e. The van der Waals surface area contributed by atoms with Gasteiger partial charge < -0.3 is 14.9 Å². The maximum Gasteiger partial charge on any atom is 0.325 e. The summed E-state index contributed by atoms with van der Waals surface area (Å²) in [6, 6.07) is 2.93. The number of aryl methyl sites for hydroxylation is 1. The lowest BCUT2D eigenvalue weighted by molar-refractivity contribution is -0.141. The van der Waals surface area contributed by atoms with E-state index in [4.69, 9.17) is 9.63 Å². The van der Waals surface area contributed by atoms with Crippen molar-refractivity contribution in [3.8, 4) is 10.7 Å². The molecule has 112 valence electrons. The van der Waals surface area contributed by atoms with Crippen LogP contribution in [0.4, 0.5) is 0 Å². The Balaban J connectivity index is 1.76. The summed E-state index contributed by atoms with van der Waals surface area (Å²) in [7, 11) is 0. The number of nitrogens with one attached hydrogen (secondary N) is 1. The number of rotatable bonds is 7. The number of aromatic nitrogens is 2. The molecule has 0 aromatic carbocycles. The zero-order valence-electron chi connectivity index (χ0n) is 11.4. The van der Waals surface area contributed by atoms with Crippen LogP contribution in [-0.2, 0) is 16.0 Å². The van der Waals surface area contributed by atoms with E-state index in [9.17, 15) is 9.59 Å². The van der Waals surface area contributed by atoms with Crippen molar-refractivity contribution < 1.29 is 19.2 Å². The molecular formula is C13H15N3O4S. The predicted molar refractivity (Wildman–Crippen MR) is 75.8 cm³/mol. The SMILES string of the molecule is C[C@H](NC(=O)CCCc1nc(-c2cccs2)no1)C(=O)O.